The third kappa shape index (κ3) is 4.84. The number of carbonyl (C=O) groups excluding carboxylic acids is 1. The van der Waals surface area contributed by atoms with Crippen molar-refractivity contribution >= 4 is 41.5 Å². The molecule has 1 aromatic carbocycles. The molecule has 1 heterocycles. The Morgan fingerprint density at radius 2 is 2.00 bits per heavy atom. The summed E-state index contributed by atoms with van der Waals surface area (Å²) in [5.74, 6) is 0.127. The van der Waals surface area contributed by atoms with Gasteiger partial charge in [0.2, 0.25) is 5.91 Å². The van der Waals surface area contributed by atoms with E-state index in [4.69, 9.17) is 23.2 Å². The Balaban J connectivity index is 0.00000180. The number of piperazine rings is 1. The SMILES string of the molecule is C[C@H]1CN(C(=O)Cc2cc(Cl)cc(Cl)c2)CCN1.Cl. The van der Waals surface area contributed by atoms with Crippen LogP contribution in [0.3, 0.4) is 0 Å². The molecular formula is C13H17Cl3N2O. The van der Waals surface area contributed by atoms with Crippen molar-refractivity contribution in [3.05, 3.63) is 33.8 Å². The van der Waals surface area contributed by atoms with Crippen molar-refractivity contribution in [2.75, 3.05) is 19.6 Å². The van der Waals surface area contributed by atoms with Gasteiger partial charge in [-0.15, -0.1) is 12.4 Å². The normalized spacial score (nSPS) is 18.9. The summed E-state index contributed by atoms with van der Waals surface area (Å²) < 4.78 is 0. The van der Waals surface area contributed by atoms with Gasteiger partial charge in [-0.25, -0.2) is 0 Å². The van der Waals surface area contributed by atoms with Gasteiger partial charge in [-0.1, -0.05) is 23.2 Å². The summed E-state index contributed by atoms with van der Waals surface area (Å²) in [5.41, 5.74) is 0.865. The van der Waals surface area contributed by atoms with Crippen molar-refractivity contribution in [1.82, 2.24) is 10.2 Å². The van der Waals surface area contributed by atoms with E-state index in [9.17, 15) is 4.79 Å². The van der Waals surface area contributed by atoms with E-state index in [2.05, 4.69) is 12.2 Å². The van der Waals surface area contributed by atoms with Crippen LogP contribution in [0.25, 0.3) is 0 Å². The van der Waals surface area contributed by atoms with E-state index < -0.39 is 0 Å². The number of rotatable bonds is 2. The average molecular weight is 324 g/mol. The number of nitrogens with zero attached hydrogens (tertiary/aromatic N) is 1. The van der Waals surface area contributed by atoms with Crippen LogP contribution >= 0.6 is 35.6 Å². The lowest BCUT2D eigenvalue weighted by Crippen LogP contribution is -2.51. The van der Waals surface area contributed by atoms with Crippen LogP contribution in [0.4, 0.5) is 0 Å². The predicted molar refractivity (Wildman–Crippen MR) is 81.5 cm³/mol. The van der Waals surface area contributed by atoms with Crippen molar-refractivity contribution in [1.29, 1.82) is 0 Å². The minimum atomic E-state index is 0. The van der Waals surface area contributed by atoms with E-state index in [0.29, 0.717) is 22.5 Å². The van der Waals surface area contributed by atoms with Crippen LogP contribution in [0.2, 0.25) is 10.0 Å². The van der Waals surface area contributed by atoms with E-state index in [1.165, 1.54) is 0 Å². The Kier molecular flexibility index (Phi) is 6.40. The van der Waals surface area contributed by atoms with E-state index in [1.54, 1.807) is 18.2 Å². The first kappa shape index (κ1) is 16.6. The summed E-state index contributed by atoms with van der Waals surface area (Å²) in [7, 11) is 0. The predicted octanol–water partition coefficient (Wildman–Crippen LogP) is 2.78. The first-order valence-electron chi connectivity index (χ1n) is 6.01. The molecule has 0 aromatic heterocycles. The minimum absolute atomic E-state index is 0. The molecule has 1 N–H and O–H groups in total. The lowest BCUT2D eigenvalue weighted by molar-refractivity contribution is -0.131. The Morgan fingerprint density at radius 3 is 2.58 bits per heavy atom. The van der Waals surface area contributed by atoms with Crippen LogP contribution in [-0.2, 0) is 11.2 Å². The molecule has 0 saturated carbocycles. The first-order valence-corrected chi connectivity index (χ1v) is 6.76. The molecule has 6 heteroatoms. The Bertz CT molecular complexity index is 433. The van der Waals surface area contributed by atoms with Crippen LogP contribution in [0.5, 0.6) is 0 Å². The second kappa shape index (κ2) is 7.34. The number of benzene rings is 1. The second-order valence-electron chi connectivity index (χ2n) is 4.65. The van der Waals surface area contributed by atoms with Crippen molar-refractivity contribution < 1.29 is 4.79 Å². The molecule has 1 aromatic rings. The Hall–Kier alpha value is -0.480. The van der Waals surface area contributed by atoms with E-state index >= 15 is 0 Å². The topological polar surface area (TPSA) is 32.3 Å². The van der Waals surface area contributed by atoms with Gasteiger partial charge in [-0.2, -0.15) is 0 Å². The number of amides is 1. The number of carbonyl (C=O) groups is 1. The molecule has 0 unspecified atom stereocenters. The van der Waals surface area contributed by atoms with Gasteiger partial charge in [-0.05, 0) is 30.7 Å². The highest BCUT2D eigenvalue weighted by molar-refractivity contribution is 6.34. The fraction of sp³-hybridized carbons (Fsp3) is 0.462. The highest BCUT2D eigenvalue weighted by atomic mass is 35.5. The molecule has 2 rings (SSSR count). The third-order valence-corrected chi connectivity index (χ3v) is 3.44. The van der Waals surface area contributed by atoms with Gasteiger partial charge in [0.1, 0.15) is 0 Å². The van der Waals surface area contributed by atoms with Gasteiger partial charge >= 0.3 is 0 Å². The van der Waals surface area contributed by atoms with E-state index in [1.807, 2.05) is 4.90 Å². The quantitative estimate of drug-likeness (QED) is 0.907. The van der Waals surface area contributed by atoms with Crippen LogP contribution in [0.1, 0.15) is 12.5 Å². The summed E-state index contributed by atoms with van der Waals surface area (Å²) in [5, 5.41) is 4.45. The number of nitrogens with one attached hydrogen (secondary N) is 1. The molecule has 19 heavy (non-hydrogen) atoms. The second-order valence-corrected chi connectivity index (χ2v) is 5.52. The Labute approximate surface area is 129 Å². The van der Waals surface area contributed by atoms with Crippen LogP contribution in [0, 0.1) is 0 Å². The molecule has 0 aliphatic carbocycles. The molecule has 3 nitrogen and oxygen atoms in total. The van der Waals surface area contributed by atoms with Gasteiger partial charge in [0, 0.05) is 35.7 Å². The zero-order chi connectivity index (χ0) is 13.1. The van der Waals surface area contributed by atoms with Crippen molar-refractivity contribution in [2.45, 2.75) is 19.4 Å². The highest BCUT2D eigenvalue weighted by Gasteiger charge is 2.20. The summed E-state index contributed by atoms with van der Waals surface area (Å²) in [6.07, 6.45) is 0.354. The number of hydrogen-bond donors (Lipinski definition) is 1. The van der Waals surface area contributed by atoms with Gasteiger partial charge < -0.3 is 10.2 Å². The molecular weight excluding hydrogens is 307 g/mol. The fourth-order valence-corrected chi connectivity index (χ4v) is 2.73. The van der Waals surface area contributed by atoms with Crippen molar-refractivity contribution in [3.63, 3.8) is 0 Å². The summed E-state index contributed by atoms with van der Waals surface area (Å²) in [6.45, 7) is 4.45. The zero-order valence-corrected chi connectivity index (χ0v) is 13.0. The van der Waals surface area contributed by atoms with Crippen LogP contribution in [-0.4, -0.2) is 36.5 Å². The first-order chi connectivity index (χ1) is 8.54. The maximum Gasteiger partial charge on any atom is 0.227 e. The molecule has 1 aliphatic heterocycles. The molecule has 0 spiro atoms. The number of hydrogen-bond acceptors (Lipinski definition) is 2. The van der Waals surface area contributed by atoms with Gasteiger partial charge in [0.05, 0.1) is 6.42 Å². The third-order valence-electron chi connectivity index (χ3n) is 3.00. The van der Waals surface area contributed by atoms with Crippen LogP contribution in [0.15, 0.2) is 18.2 Å². The Morgan fingerprint density at radius 1 is 1.37 bits per heavy atom. The van der Waals surface area contributed by atoms with Crippen molar-refractivity contribution in [2.24, 2.45) is 0 Å². The lowest BCUT2D eigenvalue weighted by Gasteiger charge is -2.32. The zero-order valence-electron chi connectivity index (χ0n) is 10.7. The smallest absolute Gasteiger partial charge is 0.227 e. The minimum Gasteiger partial charge on any atom is -0.340 e. The van der Waals surface area contributed by atoms with Gasteiger partial charge in [0.25, 0.3) is 0 Å². The molecule has 106 valence electrons. The molecule has 1 amide bonds. The largest absolute Gasteiger partial charge is 0.340 e. The molecule has 1 saturated heterocycles. The molecule has 1 atom stereocenters. The summed E-state index contributed by atoms with van der Waals surface area (Å²) in [6, 6.07) is 5.60. The van der Waals surface area contributed by atoms with Crippen LogP contribution < -0.4 is 5.32 Å². The highest BCUT2D eigenvalue weighted by Crippen LogP contribution is 2.20. The standard InChI is InChI=1S/C13H16Cl2N2O.ClH/c1-9-8-17(3-2-16-9)13(18)6-10-4-11(14)7-12(15)5-10;/h4-5,7,9,16H,2-3,6,8H2,1H3;1H/t9-;/m0./s1. The monoisotopic (exact) mass is 322 g/mol. The number of halogens is 3. The molecule has 0 bridgehead atoms. The van der Waals surface area contributed by atoms with E-state index in [-0.39, 0.29) is 18.3 Å². The average Bonchev–Trinajstić information content (AvgIpc) is 2.27. The van der Waals surface area contributed by atoms with Gasteiger partial charge in [0.15, 0.2) is 0 Å². The maximum atomic E-state index is 12.1. The maximum absolute atomic E-state index is 12.1. The van der Waals surface area contributed by atoms with Gasteiger partial charge in [-0.3, -0.25) is 4.79 Å². The molecule has 0 radical (unpaired) electrons. The summed E-state index contributed by atoms with van der Waals surface area (Å²) >= 11 is 11.8. The summed E-state index contributed by atoms with van der Waals surface area (Å²) in [4.78, 5) is 14.0. The molecule has 1 fully saturated rings. The lowest BCUT2D eigenvalue weighted by atomic mass is 10.1. The molecule has 1 aliphatic rings. The van der Waals surface area contributed by atoms with Crippen molar-refractivity contribution in [3.8, 4) is 0 Å². The fourth-order valence-electron chi connectivity index (χ4n) is 2.16. The van der Waals surface area contributed by atoms with E-state index in [0.717, 1.165) is 25.2 Å².